The number of alkyl halides is 1. The quantitative estimate of drug-likeness (QED) is 0.559. The first-order chi connectivity index (χ1) is 5.81. The van der Waals surface area contributed by atoms with E-state index >= 15 is 0 Å². The highest BCUT2D eigenvalue weighted by Gasteiger charge is 2.19. The summed E-state index contributed by atoms with van der Waals surface area (Å²) in [6.07, 6.45) is 2.02. The zero-order chi connectivity index (χ0) is 8.55. The molecule has 0 heterocycles. The third kappa shape index (κ3) is 1.09. The van der Waals surface area contributed by atoms with E-state index < -0.39 is 0 Å². The van der Waals surface area contributed by atoms with Gasteiger partial charge in [-0.1, -0.05) is 6.07 Å². The summed E-state index contributed by atoms with van der Waals surface area (Å²) < 4.78 is 0. The zero-order valence-electron chi connectivity index (χ0n) is 6.55. The van der Waals surface area contributed by atoms with E-state index in [2.05, 4.69) is 6.07 Å². The molecule has 0 N–H and O–H groups in total. The summed E-state index contributed by atoms with van der Waals surface area (Å²) in [7, 11) is 0. The Morgan fingerprint density at radius 2 is 2.33 bits per heavy atom. The van der Waals surface area contributed by atoms with Crippen LogP contribution in [-0.2, 0) is 6.42 Å². The number of hydrogen-bond donors (Lipinski definition) is 0. The SMILES string of the molecule is N#Cc1ccc2c(c1)CCC2Cl. The summed E-state index contributed by atoms with van der Waals surface area (Å²) in [6, 6.07) is 7.87. The van der Waals surface area contributed by atoms with Gasteiger partial charge in [-0.15, -0.1) is 11.6 Å². The summed E-state index contributed by atoms with van der Waals surface area (Å²) in [5, 5.41) is 8.81. The Bertz CT molecular complexity index is 351. The van der Waals surface area contributed by atoms with Gasteiger partial charge in [0, 0.05) is 0 Å². The summed E-state index contributed by atoms with van der Waals surface area (Å²) in [6.45, 7) is 0. The molecule has 0 saturated heterocycles. The standard InChI is InChI=1S/C10H8ClN/c11-10-4-2-8-5-7(6-12)1-3-9(8)10/h1,3,5,10H,2,4H2. The number of hydrogen-bond acceptors (Lipinski definition) is 1. The van der Waals surface area contributed by atoms with Crippen LogP contribution in [0.2, 0.25) is 0 Å². The lowest BCUT2D eigenvalue weighted by Gasteiger charge is -2.01. The second-order valence-corrected chi connectivity index (χ2v) is 3.56. The van der Waals surface area contributed by atoms with Crippen molar-refractivity contribution < 1.29 is 0 Å². The lowest BCUT2D eigenvalue weighted by Crippen LogP contribution is -1.84. The van der Waals surface area contributed by atoms with Crippen LogP contribution in [0.1, 0.15) is 28.5 Å². The highest BCUT2D eigenvalue weighted by molar-refractivity contribution is 6.21. The van der Waals surface area contributed by atoms with Crippen molar-refractivity contribution in [2.45, 2.75) is 18.2 Å². The van der Waals surface area contributed by atoms with Gasteiger partial charge >= 0.3 is 0 Å². The molecule has 60 valence electrons. The molecule has 2 rings (SSSR count). The van der Waals surface area contributed by atoms with Crippen LogP contribution in [0.25, 0.3) is 0 Å². The van der Waals surface area contributed by atoms with E-state index in [-0.39, 0.29) is 5.38 Å². The van der Waals surface area contributed by atoms with E-state index in [0.29, 0.717) is 0 Å². The summed E-state index contributed by atoms with van der Waals surface area (Å²) in [5.74, 6) is 0. The van der Waals surface area contributed by atoms with Crippen molar-refractivity contribution in [1.82, 2.24) is 0 Å². The molecule has 1 aromatic carbocycles. The average molecular weight is 178 g/mol. The molecule has 1 aliphatic carbocycles. The van der Waals surface area contributed by atoms with Crippen LogP contribution in [0.4, 0.5) is 0 Å². The van der Waals surface area contributed by atoms with Gasteiger partial charge in [0.05, 0.1) is 17.0 Å². The monoisotopic (exact) mass is 177 g/mol. The van der Waals surface area contributed by atoms with Crippen LogP contribution in [0, 0.1) is 11.3 Å². The number of halogens is 1. The van der Waals surface area contributed by atoms with Gasteiger partial charge in [0.15, 0.2) is 0 Å². The predicted octanol–water partition coefficient (Wildman–Crippen LogP) is 2.78. The summed E-state index contributed by atoms with van der Waals surface area (Å²) in [5.41, 5.74) is 3.18. The molecule has 1 aliphatic rings. The van der Waals surface area contributed by atoms with Crippen LogP contribution in [0.3, 0.4) is 0 Å². The third-order valence-corrected chi connectivity index (χ3v) is 2.73. The van der Waals surface area contributed by atoms with Crippen molar-refractivity contribution in [2.75, 3.05) is 0 Å². The second-order valence-electron chi connectivity index (χ2n) is 3.03. The Morgan fingerprint density at radius 1 is 1.50 bits per heavy atom. The maximum Gasteiger partial charge on any atom is 0.0991 e. The maximum atomic E-state index is 8.65. The Morgan fingerprint density at radius 3 is 3.08 bits per heavy atom. The molecule has 0 spiro atoms. The van der Waals surface area contributed by atoms with E-state index in [1.165, 1.54) is 11.1 Å². The molecule has 0 aromatic heterocycles. The van der Waals surface area contributed by atoms with E-state index in [1.54, 1.807) is 0 Å². The minimum absolute atomic E-state index is 0.160. The smallest absolute Gasteiger partial charge is 0.0991 e. The van der Waals surface area contributed by atoms with Crippen molar-refractivity contribution in [3.63, 3.8) is 0 Å². The van der Waals surface area contributed by atoms with Crippen molar-refractivity contribution in [3.05, 3.63) is 34.9 Å². The molecule has 1 aromatic rings. The average Bonchev–Trinajstić information content (AvgIpc) is 2.47. The maximum absolute atomic E-state index is 8.65. The minimum atomic E-state index is 0.160. The highest BCUT2D eigenvalue weighted by Crippen LogP contribution is 2.36. The van der Waals surface area contributed by atoms with Crippen LogP contribution in [0.15, 0.2) is 18.2 Å². The molecule has 1 atom stereocenters. The second kappa shape index (κ2) is 2.80. The van der Waals surface area contributed by atoms with Gasteiger partial charge in [0.25, 0.3) is 0 Å². The van der Waals surface area contributed by atoms with Crippen molar-refractivity contribution >= 4 is 11.6 Å². The first kappa shape index (κ1) is 7.64. The fraction of sp³-hybridized carbons (Fsp3) is 0.300. The summed E-state index contributed by atoms with van der Waals surface area (Å²) >= 11 is 6.06. The highest BCUT2D eigenvalue weighted by atomic mass is 35.5. The fourth-order valence-electron chi connectivity index (χ4n) is 1.64. The molecule has 0 bridgehead atoms. The molecule has 0 radical (unpaired) electrons. The third-order valence-electron chi connectivity index (χ3n) is 2.28. The number of aryl methyl sites for hydroxylation is 1. The molecular formula is C10H8ClN. The number of nitrogens with zero attached hydrogens (tertiary/aromatic N) is 1. The molecule has 0 saturated carbocycles. The van der Waals surface area contributed by atoms with Gasteiger partial charge in [-0.25, -0.2) is 0 Å². The van der Waals surface area contributed by atoms with Crippen LogP contribution in [0.5, 0.6) is 0 Å². The number of nitriles is 1. The first-order valence-electron chi connectivity index (χ1n) is 3.98. The molecule has 0 fully saturated rings. The minimum Gasteiger partial charge on any atom is -0.192 e. The van der Waals surface area contributed by atoms with Gasteiger partial charge < -0.3 is 0 Å². The molecule has 1 nitrogen and oxygen atoms in total. The Hall–Kier alpha value is -1.00. The Balaban J connectivity index is 2.50. The lowest BCUT2D eigenvalue weighted by atomic mass is 10.1. The van der Waals surface area contributed by atoms with Gasteiger partial charge in [-0.05, 0) is 36.1 Å². The Labute approximate surface area is 76.6 Å². The molecule has 2 heteroatoms. The van der Waals surface area contributed by atoms with Crippen molar-refractivity contribution in [3.8, 4) is 6.07 Å². The van der Waals surface area contributed by atoms with Gasteiger partial charge in [-0.2, -0.15) is 5.26 Å². The first-order valence-corrected chi connectivity index (χ1v) is 4.42. The number of fused-ring (bicyclic) bond motifs is 1. The van der Waals surface area contributed by atoms with Crippen molar-refractivity contribution in [1.29, 1.82) is 5.26 Å². The van der Waals surface area contributed by atoms with Crippen LogP contribution in [-0.4, -0.2) is 0 Å². The topological polar surface area (TPSA) is 23.8 Å². The van der Waals surface area contributed by atoms with Crippen molar-refractivity contribution in [2.24, 2.45) is 0 Å². The summed E-state index contributed by atoms with van der Waals surface area (Å²) in [4.78, 5) is 0. The van der Waals surface area contributed by atoms with E-state index in [0.717, 1.165) is 18.4 Å². The number of rotatable bonds is 0. The van der Waals surface area contributed by atoms with E-state index in [1.807, 2.05) is 18.2 Å². The normalized spacial score (nSPS) is 20.2. The number of benzene rings is 1. The van der Waals surface area contributed by atoms with E-state index in [4.69, 9.17) is 16.9 Å². The van der Waals surface area contributed by atoms with Crippen LogP contribution >= 0.6 is 11.6 Å². The van der Waals surface area contributed by atoms with Gasteiger partial charge in [0.2, 0.25) is 0 Å². The fourth-order valence-corrected chi connectivity index (χ4v) is 1.96. The molecule has 0 aliphatic heterocycles. The molecule has 12 heavy (non-hydrogen) atoms. The van der Waals surface area contributed by atoms with Gasteiger partial charge in [-0.3, -0.25) is 0 Å². The molecular weight excluding hydrogens is 170 g/mol. The molecule has 0 amide bonds. The van der Waals surface area contributed by atoms with E-state index in [9.17, 15) is 0 Å². The Kier molecular flexibility index (Phi) is 1.78. The predicted molar refractivity (Wildman–Crippen MR) is 48.1 cm³/mol. The molecule has 1 unspecified atom stereocenters. The largest absolute Gasteiger partial charge is 0.192 e. The van der Waals surface area contributed by atoms with Gasteiger partial charge in [0.1, 0.15) is 0 Å². The lowest BCUT2D eigenvalue weighted by molar-refractivity contribution is 0.882. The zero-order valence-corrected chi connectivity index (χ0v) is 7.30. The van der Waals surface area contributed by atoms with Crippen LogP contribution < -0.4 is 0 Å².